The molecule has 1 heterocycles. The first kappa shape index (κ1) is 20.8. The molecule has 0 saturated carbocycles. The van der Waals surface area contributed by atoms with E-state index in [2.05, 4.69) is 20.9 Å². The molecule has 1 aliphatic heterocycles. The molecule has 1 fully saturated rings. The van der Waals surface area contributed by atoms with Crippen molar-refractivity contribution in [2.75, 3.05) is 11.1 Å². The monoisotopic (exact) mass is 437 g/mol. The standard InChI is InChI=1S/C19H21Cl2N5OS/c1-11-15(21)3-2-4-16(11)24-18(22)26-19-23-13(9-17(27)25-19)10-28-14-7-5-12(20)6-8-14/h2-8,13,19,23H,9-10H2,1H3,(H,25,27)(H3,22,24,26). The van der Waals surface area contributed by atoms with Crippen LogP contribution in [0.1, 0.15) is 12.0 Å². The van der Waals surface area contributed by atoms with Gasteiger partial charge < -0.3 is 16.4 Å². The van der Waals surface area contributed by atoms with Crippen molar-refractivity contribution in [1.82, 2.24) is 10.6 Å². The molecule has 0 spiro atoms. The van der Waals surface area contributed by atoms with Crippen LogP contribution in [0.3, 0.4) is 0 Å². The Morgan fingerprint density at radius 1 is 1.29 bits per heavy atom. The molecule has 1 aliphatic rings. The highest BCUT2D eigenvalue weighted by atomic mass is 35.5. The van der Waals surface area contributed by atoms with Gasteiger partial charge in [-0.25, -0.2) is 4.99 Å². The van der Waals surface area contributed by atoms with Crippen LogP contribution in [-0.4, -0.2) is 30.0 Å². The van der Waals surface area contributed by atoms with Gasteiger partial charge in [-0.1, -0.05) is 29.3 Å². The molecule has 2 aromatic carbocycles. The van der Waals surface area contributed by atoms with Crippen molar-refractivity contribution in [3.63, 3.8) is 0 Å². The molecule has 0 aliphatic carbocycles. The molecular weight excluding hydrogens is 417 g/mol. The summed E-state index contributed by atoms with van der Waals surface area (Å²) in [5.41, 5.74) is 7.66. The number of hydrogen-bond acceptors (Lipinski definition) is 4. The van der Waals surface area contributed by atoms with E-state index in [0.717, 1.165) is 21.9 Å². The van der Waals surface area contributed by atoms with Gasteiger partial charge in [0.1, 0.15) is 0 Å². The summed E-state index contributed by atoms with van der Waals surface area (Å²) >= 11 is 13.7. The molecule has 148 valence electrons. The molecule has 0 bridgehead atoms. The molecule has 3 rings (SSSR count). The van der Waals surface area contributed by atoms with Gasteiger partial charge in [0, 0.05) is 38.8 Å². The number of anilines is 1. The molecule has 2 unspecified atom stereocenters. The molecule has 6 nitrogen and oxygen atoms in total. The van der Waals surface area contributed by atoms with Gasteiger partial charge in [-0.3, -0.25) is 10.1 Å². The Kier molecular flexibility index (Phi) is 7.07. The number of guanidine groups is 1. The van der Waals surface area contributed by atoms with E-state index in [1.807, 2.05) is 43.3 Å². The zero-order chi connectivity index (χ0) is 20.1. The van der Waals surface area contributed by atoms with Gasteiger partial charge in [0.25, 0.3) is 0 Å². The molecule has 2 aromatic rings. The lowest BCUT2D eigenvalue weighted by Crippen LogP contribution is -2.57. The van der Waals surface area contributed by atoms with Crippen molar-refractivity contribution in [1.29, 1.82) is 0 Å². The number of aliphatic imine (C=N–C) groups is 1. The maximum absolute atomic E-state index is 12.1. The van der Waals surface area contributed by atoms with Crippen molar-refractivity contribution in [2.24, 2.45) is 10.7 Å². The fourth-order valence-corrected chi connectivity index (χ4v) is 3.95. The van der Waals surface area contributed by atoms with Crippen molar-refractivity contribution in [3.8, 4) is 0 Å². The quantitative estimate of drug-likeness (QED) is 0.326. The Labute approximate surface area is 178 Å². The van der Waals surface area contributed by atoms with Gasteiger partial charge in [0.15, 0.2) is 12.2 Å². The maximum Gasteiger partial charge on any atom is 0.224 e. The predicted octanol–water partition coefficient (Wildman–Crippen LogP) is 3.58. The molecule has 0 radical (unpaired) electrons. The van der Waals surface area contributed by atoms with E-state index in [1.54, 1.807) is 17.8 Å². The van der Waals surface area contributed by atoms with E-state index in [4.69, 9.17) is 28.9 Å². The van der Waals surface area contributed by atoms with E-state index in [0.29, 0.717) is 16.5 Å². The zero-order valence-electron chi connectivity index (χ0n) is 15.2. The fraction of sp³-hybridized carbons (Fsp3) is 0.263. The number of amides is 1. The normalized spacial score (nSPS) is 20.0. The minimum atomic E-state index is -0.593. The van der Waals surface area contributed by atoms with Crippen LogP contribution in [0.15, 0.2) is 52.4 Å². The summed E-state index contributed by atoms with van der Waals surface area (Å²) in [7, 11) is 0. The SMILES string of the molecule is Cc1c(Cl)cccc1N/C(N)=N/C1NC(=O)CC(CSc2ccc(Cl)cc2)N1. The number of halogens is 2. The number of rotatable bonds is 5. The Hall–Kier alpha value is -1.93. The third kappa shape index (κ3) is 5.78. The molecular formula is C19H21Cl2N5OS. The summed E-state index contributed by atoms with van der Waals surface area (Å²) in [5, 5.41) is 10.4. The van der Waals surface area contributed by atoms with Crippen molar-refractivity contribution >= 4 is 52.5 Å². The Bertz CT molecular complexity index is 875. The van der Waals surface area contributed by atoms with Crippen LogP contribution in [0.2, 0.25) is 10.0 Å². The average molecular weight is 438 g/mol. The van der Waals surface area contributed by atoms with Crippen molar-refractivity contribution in [3.05, 3.63) is 58.1 Å². The lowest BCUT2D eigenvalue weighted by atomic mass is 10.2. The first-order valence-corrected chi connectivity index (χ1v) is 10.4. The summed E-state index contributed by atoms with van der Waals surface area (Å²) in [6.07, 6.45) is -0.211. The zero-order valence-corrected chi connectivity index (χ0v) is 17.5. The second-order valence-electron chi connectivity index (χ2n) is 6.35. The smallest absolute Gasteiger partial charge is 0.224 e. The van der Waals surface area contributed by atoms with Gasteiger partial charge in [-0.2, -0.15) is 0 Å². The molecule has 1 saturated heterocycles. The number of nitrogens with two attached hydrogens (primary N) is 1. The highest BCUT2D eigenvalue weighted by molar-refractivity contribution is 7.99. The highest BCUT2D eigenvalue weighted by Crippen LogP contribution is 2.23. The second-order valence-corrected chi connectivity index (χ2v) is 8.29. The summed E-state index contributed by atoms with van der Waals surface area (Å²) < 4.78 is 0. The van der Waals surface area contributed by atoms with Crippen LogP contribution >= 0.6 is 35.0 Å². The first-order valence-electron chi connectivity index (χ1n) is 8.70. The number of hydrogen-bond donors (Lipinski definition) is 4. The lowest BCUT2D eigenvalue weighted by molar-refractivity contribution is -0.124. The van der Waals surface area contributed by atoms with E-state index in [1.165, 1.54) is 0 Å². The number of thioether (sulfide) groups is 1. The van der Waals surface area contributed by atoms with Crippen LogP contribution < -0.4 is 21.7 Å². The Morgan fingerprint density at radius 3 is 2.79 bits per heavy atom. The minimum Gasteiger partial charge on any atom is -0.370 e. The third-order valence-corrected chi connectivity index (χ3v) is 6.02. The molecule has 0 aromatic heterocycles. The Balaban J connectivity index is 1.60. The largest absolute Gasteiger partial charge is 0.370 e. The first-order chi connectivity index (χ1) is 13.4. The van der Waals surface area contributed by atoms with Crippen LogP contribution in [0.25, 0.3) is 0 Å². The van der Waals surface area contributed by atoms with E-state index in [9.17, 15) is 4.79 Å². The summed E-state index contributed by atoms with van der Waals surface area (Å²) in [4.78, 5) is 17.5. The van der Waals surface area contributed by atoms with E-state index in [-0.39, 0.29) is 17.9 Å². The Morgan fingerprint density at radius 2 is 2.04 bits per heavy atom. The predicted molar refractivity (Wildman–Crippen MR) is 117 cm³/mol. The minimum absolute atomic E-state index is 0.0242. The van der Waals surface area contributed by atoms with Crippen LogP contribution in [-0.2, 0) is 4.79 Å². The van der Waals surface area contributed by atoms with E-state index >= 15 is 0 Å². The third-order valence-electron chi connectivity index (χ3n) is 4.19. The van der Waals surface area contributed by atoms with Crippen molar-refractivity contribution < 1.29 is 4.79 Å². The number of carbonyl (C=O) groups excluding carboxylic acids is 1. The van der Waals surface area contributed by atoms with Gasteiger partial charge in [0.2, 0.25) is 5.91 Å². The van der Waals surface area contributed by atoms with Gasteiger partial charge in [-0.15, -0.1) is 11.8 Å². The number of nitrogens with zero attached hydrogens (tertiary/aromatic N) is 1. The van der Waals surface area contributed by atoms with Crippen LogP contribution in [0, 0.1) is 6.92 Å². The molecule has 1 amide bonds. The van der Waals surface area contributed by atoms with Crippen LogP contribution in [0.5, 0.6) is 0 Å². The number of nitrogens with one attached hydrogen (secondary N) is 3. The summed E-state index contributed by atoms with van der Waals surface area (Å²) in [6.45, 7) is 1.89. The summed E-state index contributed by atoms with van der Waals surface area (Å²) in [6, 6.07) is 13.1. The molecule has 2 atom stereocenters. The van der Waals surface area contributed by atoms with Crippen LogP contribution in [0.4, 0.5) is 5.69 Å². The fourth-order valence-electron chi connectivity index (χ4n) is 2.72. The maximum atomic E-state index is 12.1. The topological polar surface area (TPSA) is 91.5 Å². The summed E-state index contributed by atoms with van der Waals surface area (Å²) in [5.74, 6) is 0.844. The van der Waals surface area contributed by atoms with E-state index < -0.39 is 6.29 Å². The number of carbonyl (C=O) groups is 1. The highest BCUT2D eigenvalue weighted by Gasteiger charge is 2.25. The lowest BCUT2D eigenvalue weighted by Gasteiger charge is -2.29. The van der Waals surface area contributed by atoms with Crippen molar-refractivity contribution in [2.45, 2.75) is 30.6 Å². The number of benzene rings is 2. The van der Waals surface area contributed by atoms with Gasteiger partial charge in [-0.05, 0) is 48.9 Å². The average Bonchev–Trinajstić information content (AvgIpc) is 2.64. The van der Waals surface area contributed by atoms with Gasteiger partial charge >= 0.3 is 0 Å². The molecule has 9 heteroatoms. The van der Waals surface area contributed by atoms with Gasteiger partial charge in [0.05, 0.1) is 0 Å². The second kappa shape index (κ2) is 9.52. The molecule has 5 N–H and O–H groups in total. The molecule has 28 heavy (non-hydrogen) atoms.